The van der Waals surface area contributed by atoms with Gasteiger partial charge in [0.1, 0.15) is 4.11 Å². The van der Waals surface area contributed by atoms with Crippen LogP contribution in [0.2, 0.25) is 0 Å². The molecule has 1 atom stereocenters. The minimum atomic E-state index is -0.682. The Morgan fingerprint density at radius 2 is 2.08 bits per heavy atom. The summed E-state index contributed by atoms with van der Waals surface area (Å²) in [6.07, 6.45) is 2.08. The minimum Gasteiger partial charge on any atom is -0.450 e. The van der Waals surface area contributed by atoms with Gasteiger partial charge in [0.25, 0.3) is 0 Å². The average molecular weight is 303 g/mol. The molecule has 0 heterocycles. The van der Waals surface area contributed by atoms with Gasteiger partial charge in [-0.1, -0.05) is 42.9 Å². The molecule has 1 unspecified atom stereocenters. The van der Waals surface area contributed by atoms with E-state index in [0.717, 1.165) is 19.3 Å². The summed E-state index contributed by atoms with van der Waals surface area (Å²) >= 11 is 1.96. The zero-order valence-electron chi connectivity index (χ0n) is 8.12. The summed E-state index contributed by atoms with van der Waals surface area (Å²) in [5.74, 6) is 0. The minimum absolute atomic E-state index is 0.146. The second kappa shape index (κ2) is 12.0. The van der Waals surface area contributed by atoms with Crippen molar-refractivity contribution in [1.82, 2.24) is 0 Å². The maximum Gasteiger partial charge on any atom is 0.404 e. The Labute approximate surface area is 93.0 Å². The van der Waals surface area contributed by atoms with Crippen LogP contribution in [0, 0.1) is 0 Å². The van der Waals surface area contributed by atoms with Crippen molar-refractivity contribution in [2.24, 2.45) is 5.73 Å². The van der Waals surface area contributed by atoms with Crippen LogP contribution < -0.4 is 5.73 Å². The van der Waals surface area contributed by atoms with Gasteiger partial charge < -0.3 is 15.6 Å². The number of carbonyl (C=O) groups is 1. The fourth-order valence-corrected chi connectivity index (χ4v) is 0.317. The van der Waals surface area contributed by atoms with Crippen LogP contribution in [0.5, 0.6) is 0 Å². The van der Waals surface area contributed by atoms with Crippen LogP contribution in [-0.4, -0.2) is 21.9 Å². The number of hydrogen-bond acceptors (Lipinski definition) is 3. The molecule has 13 heavy (non-hydrogen) atoms. The smallest absolute Gasteiger partial charge is 0.404 e. The van der Waals surface area contributed by atoms with Crippen LogP contribution in [0.1, 0.15) is 33.1 Å². The highest BCUT2D eigenvalue weighted by atomic mass is 127. The first kappa shape index (κ1) is 15.4. The van der Waals surface area contributed by atoms with Gasteiger partial charge in [-0.25, -0.2) is 4.79 Å². The monoisotopic (exact) mass is 303 g/mol. The number of nitrogens with two attached hydrogens (primary N) is 1. The molecule has 0 aromatic heterocycles. The van der Waals surface area contributed by atoms with E-state index in [2.05, 4.69) is 10.5 Å². The molecular formula is C8H18INO3. The van der Waals surface area contributed by atoms with Crippen LogP contribution in [0.15, 0.2) is 0 Å². The summed E-state index contributed by atoms with van der Waals surface area (Å²) in [6.45, 7) is 4.41. The summed E-state index contributed by atoms with van der Waals surface area (Å²) in [5.41, 5.74) is 4.67. The van der Waals surface area contributed by atoms with Gasteiger partial charge in [0.2, 0.25) is 0 Å². The van der Waals surface area contributed by atoms with E-state index in [1.54, 1.807) is 0 Å². The standard InChI is InChI=1S/C5H11NO2.C3H7IO/c1-2-3-4-8-5(6)7;1-2-3(4)5/h2-4H2,1H3,(H2,6,7);3,5H,2H2,1H3. The zero-order valence-corrected chi connectivity index (χ0v) is 10.3. The zero-order chi connectivity index (χ0) is 10.7. The Balaban J connectivity index is 0. The Bertz CT molecular complexity index is 120. The van der Waals surface area contributed by atoms with Gasteiger partial charge in [-0.3, -0.25) is 0 Å². The average Bonchev–Trinajstić information content (AvgIpc) is 2.05. The molecule has 0 aromatic carbocycles. The second-order valence-corrected chi connectivity index (χ2v) is 3.80. The summed E-state index contributed by atoms with van der Waals surface area (Å²) in [6, 6.07) is 0. The maximum absolute atomic E-state index is 9.87. The van der Waals surface area contributed by atoms with Crippen molar-refractivity contribution in [2.45, 2.75) is 37.2 Å². The summed E-state index contributed by atoms with van der Waals surface area (Å²) in [7, 11) is 0. The number of hydrogen-bond donors (Lipinski definition) is 2. The third-order valence-corrected chi connectivity index (χ3v) is 1.96. The van der Waals surface area contributed by atoms with Crippen molar-refractivity contribution in [3.8, 4) is 0 Å². The quantitative estimate of drug-likeness (QED) is 0.474. The maximum atomic E-state index is 9.87. The highest BCUT2D eigenvalue weighted by molar-refractivity contribution is 14.1. The fourth-order valence-electron chi connectivity index (χ4n) is 0.317. The predicted molar refractivity (Wildman–Crippen MR) is 60.8 cm³/mol. The lowest BCUT2D eigenvalue weighted by atomic mass is 10.4. The number of ether oxygens (including phenoxy) is 1. The van der Waals surface area contributed by atoms with Crippen molar-refractivity contribution in [3.05, 3.63) is 0 Å². The predicted octanol–water partition coefficient (Wildman–Crippen LogP) is 2.03. The van der Waals surface area contributed by atoms with E-state index in [0.29, 0.717) is 6.61 Å². The van der Waals surface area contributed by atoms with Crippen molar-refractivity contribution in [1.29, 1.82) is 0 Å². The number of rotatable bonds is 4. The molecule has 0 aromatic rings. The SMILES string of the molecule is CCC(O)I.CCCCOC(N)=O. The molecule has 0 spiro atoms. The first-order valence-electron chi connectivity index (χ1n) is 4.28. The number of aliphatic hydroxyl groups is 1. The second-order valence-electron chi connectivity index (χ2n) is 2.36. The van der Waals surface area contributed by atoms with Gasteiger partial charge >= 0.3 is 6.09 Å². The summed E-state index contributed by atoms with van der Waals surface area (Å²) < 4.78 is 4.28. The van der Waals surface area contributed by atoms with Crippen molar-refractivity contribution < 1.29 is 14.6 Å². The molecule has 0 aliphatic heterocycles. The Morgan fingerprint density at radius 3 is 2.31 bits per heavy atom. The van der Waals surface area contributed by atoms with E-state index in [-0.39, 0.29) is 4.11 Å². The summed E-state index contributed by atoms with van der Waals surface area (Å²) in [4.78, 5) is 9.87. The molecule has 0 radical (unpaired) electrons. The molecule has 0 bridgehead atoms. The molecule has 5 heteroatoms. The van der Waals surface area contributed by atoms with Crippen molar-refractivity contribution in [3.63, 3.8) is 0 Å². The van der Waals surface area contributed by atoms with Crippen LogP contribution >= 0.6 is 22.6 Å². The molecular weight excluding hydrogens is 285 g/mol. The largest absolute Gasteiger partial charge is 0.450 e. The third-order valence-electron chi connectivity index (χ3n) is 1.08. The topological polar surface area (TPSA) is 72.6 Å². The van der Waals surface area contributed by atoms with Crippen LogP contribution in [-0.2, 0) is 4.74 Å². The lowest BCUT2D eigenvalue weighted by molar-refractivity contribution is 0.155. The summed E-state index contributed by atoms with van der Waals surface area (Å²) in [5, 5.41) is 8.35. The third kappa shape index (κ3) is 24.5. The number of carbonyl (C=O) groups excluding carboxylic acids is 1. The van der Waals surface area contributed by atoms with E-state index in [9.17, 15) is 4.79 Å². The normalized spacial score (nSPS) is 11.1. The van der Waals surface area contributed by atoms with Crippen LogP contribution in [0.25, 0.3) is 0 Å². The number of unbranched alkanes of at least 4 members (excludes halogenated alkanes) is 1. The molecule has 0 fully saturated rings. The number of primary amides is 1. The van der Waals surface area contributed by atoms with E-state index in [4.69, 9.17) is 5.11 Å². The van der Waals surface area contributed by atoms with Crippen molar-refractivity contribution in [2.75, 3.05) is 6.61 Å². The number of alkyl halides is 1. The van der Waals surface area contributed by atoms with E-state index >= 15 is 0 Å². The molecule has 0 saturated heterocycles. The Hall–Kier alpha value is -0.0400. The van der Waals surface area contributed by atoms with Gasteiger partial charge in [-0.05, 0) is 12.8 Å². The molecule has 0 rings (SSSR count). The van der Waals surface area contributed by atoms with Gasteiger partial charge in [-0.2, -0.15) is 0 Å². The fraction of sp³-hybridized carbons (Fsp3) is 0.875. The molecule has 1 amide bonds. The molecule has 80 valence electrons. The number of aliphatic hydroxyl groups excluding tert-OH is 1. The molecule has 3 N–H and O–H groups in total. The van der Waals surface area contributed by atoms with Crippen LogP contribution in [0.4, 0.5) is 4.79 Å². The highest BCUT2D eigenvalue weighted by Gasteiger charge is 1.88. The molecule has 4 nitrogen and oxygen atoms in total. The highest BCUT2D eigenvalue weighted by Crippen LogP contribution is 1.96. The van der Waals surface area contributed by atoms with Gasteiger partial charge in [0, 0.05) is 0 Å². The Morgan fingerprint density at radius 1 is 1.62 bits per heavy atom. The first-order chi connectivity index (χ1) is 6.04. The molecule has 0 aliphatic rings. The van der Waals surface area contributed by atoms with Gasteiger partial charge in [-0.15, -0.1) is 0 Å². The molecule has 0 saturated carbocycles. The van der Waals surface area contributed by atoms with Gasteiger partial charge in [0.05, 0.1) is 6.61 Å². The Kier molecular flexibility index (Phi) is 14.2. The first-order valence-corrected chi connectivity index (χ1v) is 5.53. The van der Waals surface area contributed by atoms with Crippen LogP contribution in [0.3, 0.4) is 0 Å². The van der Waals surface area contributed by atoms with Crippen molar-refractivity contribution >= 4 is 28.7 Å². The van der Waals surface area contributed by atoms with E-state index < -0.39 is 6.09 Å². The lowest BCUT2D eigenvalue weighted by Gasteiger charge is -1.95. The number of amides is 1. The van der Waals surface area contributed by atoms with Gasteiger partial charge in [0.15, 0.2) is 0 Å². The molecule has 0 aliphatic carbocycles. The number of halogens is 1. The van der Waals surface area contributed by atoms with E-state index in [1.807, 2.05) is 36.4 Å². The van der Waals surface area contributed by atoms with E-state index in [1.165, 1.54) is 0 Å². The lowest BCUT2D eigenvalue weighted by Crippen LogP contribution is -2.13.